The van der Waals surface area contributed by atoms with Crippen LogP contribution in [0.3, 0.4) is 0 Å². The largest absolute Gasteiger partial charge is 0.508 e. The summed E-state index contributed by atoms with van der Waals surface area (Å²) in [6.07, 6.45) is 4.75. The van der Waals surface area contributed by atoms with E-state index in [1.807, 2.05) is 0 Å². The van der Waals surface area contributed by atoms with Crippen molar-refractivity contribution < 1.29 is 14.7 Å². The highest BCUT2D eigenvalue weighted by atomic mass is 16.3. The first-order valence-corrected chi connectivity index (χ1v) is 9.20. The number of hydrogen-bond acceptors (Lipinski definition) is 5. The Morgan fingerprint density at radius 2 is 2.00 bits per heavy atom. The average molecular weight is 376 g/mol. The minimum absolute atomic E-state index is 0.0278. The SMILES string of the molecule is O=C(c1cccnc1)[C@@H]1CCCN(C(=O)c2cc(-c3ccc(O)cc3)n[nH]2)C1. The topological polar surface area (TPSA) is 99.2 Å². The van der Waals surface area contributed by atoms with Crippen molar-refractivity contribution >= 4 is 11.7 Å². The molecule has 0 unspecified atom stereocenters. The van der Waals surface area contributed by atoms with E-state index in [4.69, 9.17) is 0 Å². The van der Waals surface area contributed by atoms with Gasteiger partial charge in [-0.15, -0.1) is 0 Å². The number of aromatic hydroxyl groups is 1. The molecule has 0 bridgehead atoms. The zero-order valence-electron chi connectivity index (χ0n) is 15.2. The first-order valence-electron chi connectivity index (χ1n) is 9.20. The number of phenols is 1. The van der Waals surface area contributed by atoms with Gasteiger partial charge in [-0.2, -0.15) is 5.10 Å². The summed E-state index contributed by atoms with van der Waals surface area (Å²) in [5, 5.41) is 16.4. The van der Waals surface area contributed by atoms with Crippen LogP contribution < -0.4 is 0 Å². The fourth-order valence-corrected chi connectivity index (χ4v) is 3.50. The van der Waals surface area contributed by atoms with Crippen LogP contribution in [-0.2, 0) is 0 Å². The summed E-state index contributed by atoms with van der Waals surface area (Å²) in [6.45, 7) is 1.00. The van der Waals surface area contributed by atoms with Gasteiger partial charge >= 0.3 is 0 Å². The van der Waals surface area contributed by atoms with Gasteiger partial charge in [0.1, 0.15) is 11.4 Å². The maximum absolute atomic E-state index is 12.9. The molecule has 1 aliphatic heterocycles. The molecule has 28 heavy (non-hydrogen) atoms. The molecule has 7 heteroatoms. The Labute approximate surface area is 162 Å². The van der Waals surface area contributed by atoms with Crippen molar-refractivity contribution in [2.75, 3.05) is 13.1 Å². The third kappa shape index (κ3) is 3.64. The highest BCUT2D eigenvalue weighted by Gasteiger charge is 2.30. The number of amides is 1. The number of nitrogens with one attached hydrogen (secondary N) is 1. The molecule has 1 saturated heterocycles. The molecule has 142 valence electrons. The Hall–Kier alpha value is -3.48. The van der Waals surface area contributed by atoms with E-state index < -0.39 is 0 Å². The number of aromatic nitrogens is 3. The summed E-state index contributed by atoms with van der Waals surface area (Å²) in [6, 6.07) is 11.8. The smallest absolute Gasteiger partial charge is 0.271 e. The van der Waals surface area contributed by atoms with Crippen molar-refractivity contribution in [2.45, 2.75) is 12.8 Å². The van der Waals surface area contributed by atoms with Crippen LogP contribution in [0, 0.1) is 5.92 Å². The number of likely N-dealkylation sites (tertiary alicyclic amines) is 1. The standard InChI is InChI=1S/C21H20N4O3/c26-17-7-5-14(6-8-17)18-11-19(24-23-18)21(28)25-10-2-4-16(13-25)20(27)15-3-1-9-22-12-15/h1,3,5-9,11-12,16,26H,2,4,10,13H2,(H,23,24)/t16-/m1/s1. The summed E-state index contributed by atoms with van der Waals surface area (Å²) in [7, 11) is 0. The minimum atomic E-state index is -0.221. The molecule has 2 N–H and O–H groups in total. The molecule has 0 saturated carbocycles. The number of benzene rings is 1. The molecule has 0 spiro atoms. The third-order valence-electron chi connectivity index (χ3n) is 5.00. The molecule has 4 rings (SSSR count). The Balaban J connectivity index is 1.47. The molecule has 7 nitrogen and oxygen atoms in total. The lowest BCUT2D eigenvalue weighted by molar-refractivity contribution is 0.0632. The van der Waals surface area contributed by atoms with Gasteiger partial charge in [0.2, 0.25) is 0 Å². The van der Waals surface area contributed by atoms with Gasteiger partial charge in [-0.05, 0) is 55.3 Å². The van der Waals surface area contributed by atoms with E-state index in [0.717, 1.165) is 18.4 Å². The molecule has 2 aromatic heterocycles. The van der Waals surface area contributed by atoms with Gasteiger partial charge in [0.25, 0.3) is 5.91 Å². The number of carbonyl (C=O) groups excluding carboxylic acids is 2. The van der Waals surface area contributed by atoms with Gasteiger partial charge in [0, 0.05) is 42.5 Å². The Morgan fingerprint density at radius 3 is 2.75 bits per heavy atom. The lowest BCUT2D eigenvalue weighted by atomic mass is 9.90. The normalized spacial score (nSPS) is 16.7. The van der Waals surface area contributed by atoms with Crippen LogP contribution in [0.25, 0.3) is 11.3 Å². The second kappa shape index (κ2) is 7.64. The van der Waals surface area contributed by atoms with Crippen LogP contribution >= 0.6 is 0 Å². The Bertz CT molecular complexity index is 982. The fraction of sp³-hybridized carbons (Fsp3) is 0.238. The van der Waals surface area contributed by atoms with Crippen molar-refractivity contribution in [2.24, 2.45) is 5.92 Å². The van der Waals surface area contributed by atoms with Crippen LogP contribution in [-0.4, -0.2) is 50.0 Å². The predicted molar refractivity (Wildman–Crippen MR) is 103 cm³/mol. The van der Waals surface area contributed by atoms with Crippen LogP contribution in [0.5, 0.6) is 5.75 Å². The summed E-state index contributed by atoms with van der Waals surface area (Å²) in [5.41, 5.74) is 2.40. The van der Waals surface area contributed by atoms with Crippen molar-refractivity contribution in [3.63, 3.8) is 0 Å². The van der Waals surface area contributed by atoms with Gasteiger partial charge in [-0.3, -0.25) is 19.7 Å². The second-order valence-electron chi connectivity index (χ2n) is 6.91. The first-order chi connectivity index (χ1) is 13.6. The van der Waals surface area contributed by atoms with E-state index in [9.17, 15) is 14.7 Å². The van der Waals surface area contributed by atoms with Crippen molar-refractivity contribution in [1.29, 1.82) is 0 Å². The number of ketones is 1. The number of nitrogens with zero attached hydrogens (tertiary/aromatic N) is 3. The quantitative estimate of drug-likeness (QED) is 0.682. The third-order valence-corrected chi connectivity index (χ3v) is 5.00. The van der Waals surface area contributed by atoms with Crippen LogP contribution in [0.1, 0.15) is 33.7 Å². The van der Waals surface area contributed by atoms with Gasteiger partial charge in [0.15, 0.2) is 5.78 Å². The molecule has 0 radical (unpaired) electrons. The van der Waals surface area contributed by atoms with Gasteiger partial charge in [-0.1, -0.05) is 0 Å². The van der Waals surface area contributed by atoms with Crippen LogP contribution in [0.2, 0.25) is 0 Å². The van der Waals surface area contributed by atoms with E-state index in [0.29, 0.717) is 30.0 Å². The highest BCUT2D eigenvalue weighted by Crippen LogP contribution is 2.24. The van der Waals surface area contributed by atoms with Crippen molar-refractivity contribution in [3.05, 3.63) is 66.1 Å². The van der Waals surface area contributed by atoms with E-state index in [-0.39, 0.29) is 23.4 Å². The number of phenolic OH excluding ortho intramolecular Hbond substituents is 1. The number of carbonyl (C=O) groups is 2. The predicted octanol–water partition coefficient (Wildman–Crippen LogP) is 2.91. The fourth-order valence-electron chi connectivity index (χ4n) is 3.50. The number of aromatic amines is 1. The maximum Gasteiger partial charge on any atom is 0.271 e. The van der Waals surface area contributed by atoms with Gasteiger partial charge in [0.05, 0.1) is 5.69 Å². The first kappa shape index (κ1) is 17.9. The van der Waals surface area contributed by atoms with Crippen LogP contribution in [0.4, 0.5) is 0 Å². The van der Waals surface area contributed by atoms with E-state index in [2.05, 4.69) is 15.2 Å². The van der Waals surface area contributed by atoms with Gasteiger partial charge in [-0.25, -0.2) is 0 Å². The molecule has 3 heterocycles. The second-order valence-corrected chi connectivity index (χ2v) is 6.91. The van der Waals surface area contributed by atoms with E-state index in [1.54, 1.807) is 59.8 Å². The number of H-pyrrole nitrogens is 1. The van der Waals surface area contributed by atoms with Gasteiger partial charge < -0.3 is 10.0 Å². The summed E-state index contributed by atoms with van der Waals surface area (Å²) >= 11 is 0. The highest BCUT2D eigenvalue weighted by molar-refractivity contribution is 5.99. The van der Waals surface area contributed by atoms with Crippen molar-refractivity contribution in [3.8, 4) is 17.0 Å². The molecule has 0 aliphatic carbocycles. The Kier molecular flexibility index (Phi) is 4.89. The number of rotatable bonds is 4. The number of pyridine rings is 1. The van der Waals surface area contributed by atoms with Crippen LogP contribution in [0.15, 0.2) is 54.9 Å². The zero-order chi connectivity index (χ0) is 19.5. The molecule has 3 aromatic rings. The number of piperidine rings is 1. The van der Waals surface area contributed by atoms with E-state index in [1.165, 1.54) is 0 Å². The lowest BCUT2D eigenvalue weighted by Gasteiger charge is -2.31. The Morgan fingerprint density at radius 1 is 1.18 bits per heavy atom. The molecule has 1 amide bonds. The van der Waals surface area contributed by atoms with E-state index >= 15 is 0 Å². The zero-order valence-corrected chi connectivity index (χ0v) is 15.2. The molecule has 1 aromatic carbocycles. The van der Waals surface area contributed by atoms with Crippen molar-refractivity contribution in [1.82, 2.24) is 20.1 Å². The summed E-state index contributed by atoms with van der Waals surface area (Å²) in [5.74, 6) is -0.184. The minimum Gasteiger partial charge on any atom is -0.508 e. The molecule has 1 aliphatic rings. The lowest BCUT2D eigenvalue weighted by Crippen LogP contribution is -2.42. The molecule has 1 fully saturated rings. The maximum atomic E-state index is 12.9. The number of hydrogen-bond donors (Lipinski definition) is 2. The summed E-state index contributed by atoms with van der Waals surface area (Å²) < 4.78 is 0. The average Bonchev–Trinajstić information content (AvgIpc) is 3.24. The molecular formula is C21H20N4O3. The summed E-state index contributed by atoms with van der Waals surface area (Å²) in [4.78, 5) is 31.3. The monoisotopic (exact) mass is 376 g/mol. The molecule has 1 atom stereocenters. The molecular weight excluding hydrogens is 356 g/mol. The number of Topliss-reactive ketones (excluding diaryl/α,β-unsaturated/α-hetero) is 1.